The summed E-state index contributed by atoms with van der Waals surface area (Å²) >= 11 is 0. The number of benzene rings is 2. The number of nitrogens with zero attached hydrogens (tertiary/aromatic N) is 2. The highest BCUT2D eigenvalue weighted by atomic mass is 19.1. The van der Waals surface area contributed by atoms with Crippen molar-refractivity contribution in [3.8, 4) is 0 Å². The number of hydrogen-bond donors (Lipinski definition) is 2. The Hall–Kier alpha value is -4.05. The quantitative estimate of drug-likeness (QED) is 0.167. The van der Waals surface area contributed by atoms with Crippen LogP contribution in [0.25, 0.3) is 0 Å². The van der Waals surface area contributed by atoms with Crippen LogP contribution in [0.5, 0.6) is 0 Å². The smallest absolute Gasteiger partial charge is 0.415 e. The number of ether oxygens (including phenoxy) is 1. The summed E-state index contributed by atoms with van der Waals surface area (Å²) in [7, 11) is 0. The lowest BCUT2D eigenvalue weighted by Gasteiger charge is -2.38. The van der Waals surface area contributed by atoms with Gasteiger partial charge in [0.1, 0.15) is 11.6 Å². The number of likely N-dealkylation sites (tertiary alicyclic amines) is 1. The minimum absolute atomic E-state index is 0.0822. The Labute approximate surface area is 264 Å². The number of unbranched alkanes of at least 4 members (excludes halogenated alkanes) is 4. The molecule has 2 aliphatic heterocycles. The summed E-state index contributed by atoms with van der Waals surface area (Å²) in [6.45, 7) is 9.81. The molecule has 0 aromatic heterocycles. The van der Waals surface area contributed by atoms with Crippen molar-refractivity contribution < 1.29 is 38.1 Å². The molecule has 8 nitrogen and oxygen atoms in total. The van der Waals surface area contributed by atoms with E-state index >= 15 is 0 Å². The minimum atomic E-state index is -1.26. The van der Waals surface area contributed by atoms with Crippen molar-refractivity contribution in [2.45, 2.75) is 76.2 Å². The van der Waals surface area contributed by atoms with E-state index in [4.69, 9.17) is 14.9 Å². The van der Waals surface area contributed by atoms with E-state index in [1.165, 1.54) is 43.5 Å². The molecule has 1 amide bonds. The highest BCUT2D eigenvalue weighted by Gasteiger charge is 2.50. The molecule has 0 radical (unpaired) electrons. The van der Waals surface area contributed by atoms with Crippen molar-refractivity contribution in [1.82, 2.24) is 9.80 Å². The fourth-order valence-electron chi connectivity index (χ4n) is 5.84. The summed E-state index contributed by atoms with van der Waals surface area (Å²) in [4.78, 5) is 35.9. The highest BCUT2D eigenvalue weighted by molar-refractivity contribution is 5.89. The second-order valence-corrected chi connectivity index (χ2v) is 11.5. The molecule has 2 heterocycles. The molecular weight excluding hydrogens is 582 g/mol. The maximum Gasteiger partial charge on any atom is 0.415 e. The highest BCUT2D eigenvalue weighted by Crippen LogP contribution is 2.41. The monoisotopic (exact) mass is 626 g/mol. The normalized spacial score (nSPS) is 16.2. The van der Waals surface area contributed by atoms with Crippen LogP contribution in [0.15, 0.2) is 73.0 Å². The Kier molecular flexibility index (Phi) is 13.7. The van der Waals surface area contributed by atoms with Gasteiger partial charge in [-0.1, -0.05) is 63.5 Å². The molecule has 2 fully saturated rings. The Bertz CT molecular complexity index is 1240. The molecule has 1 spiro atoms. The molecule has 0 saturated carbocycles. The number of carbonyl (C=O) groups excluding carboxylic acids is 1. The molecule has 2 aromatic rings. The molecular formula is C35H44F2N2O6. The number of hydrogen-bond acceptors (Lipinski definition) is 5. The first-order valence-electron chi connectivity index (χ1n) is 15.6. The Morgan fingerprint density at radius 1 is 0.867 bits per heavy atom. The Morgan fingerprint density at radius 2 is 1.38 bits per heavy atom. The third kappa shape index (κ3) is 10.8. The van der Waals surface area contributed by atoms with Crippen LogP contribution in [-0.2, 0) is 14.3 Å². The first kappa shape index (κ1) is 35.4. The molecule has 0 aliphatic carbocycles. The van der Waals surface area contributed by atoms with Crippen molar-refractivity contribution in [1.29, 1.82) is 0 Å². The van der Waals surface area contributed by atoms with E-state index in [1.807, 2.05) is 24.3 Å². The third-order valence-electron chi connectivity index (χ3n) is 8.38. The zero-order valence-corrected chi connectivity index (χ0v) is 25.9. The number of aliphatic carboxylic acids is 2. The van der Waals surface area contributed by atoms with Crippen molar-refractivity contribution >= 4 is 18.0 Å². The topological polar surface area (TPSA) is 107 Å². The molecule has 4 rings (SSSR count). The van der Waals surface area contributed by atoms with Crippen LogP contribution in [0.3, 0.4) is 0 Å². The number of halogens is 2. The molecule has 0 unspecified atom stereocenters. The standard InChI is InChI=1S/C31H40F2N2O2.C4H4O4/c1-3-4-5-6-7-21-35-24(2)31(37-30(35)36)18-22-34(23-19-31)20-8-9-29(25-10-14-27(32)15-11-25)26-12-16-28(33)17-13-26;5-3(6)1-2-4(7)8/h10-17,29H,2-9,18-23H2,1H3;1-2H,(H,5,6)(H,7,8)/b;2-1-. The van der Waals surface area contributed by atoms with Gasteiger partial charge in [-0.15, -0.1) is 0 Å². The van der Waals surface area contributed by atoms with Gasteiger partial charge in [-0.05, 0) is 61.2 Å². The average Bonchev–Trinajstić information content (AvgIpc) is 3.24. The molecule has 2 aromatic carbocycles. The lowest BCUT2D eigenvalue weighted by atomic mass is 9.86. The van der Waals surface area contributed by atoms with Crippen LogP contribution < -0.4 is 0 Å². The minimum Gasteiger partial charge on any atom is -0.478 e. The van der Waals surface area contributed by atoms with E-state index < -0.39 is 17.5 Å². The van der Waals surface area contributed by atoms with Gasteiger partial charge in [0.15, 0.2) is 5.60 Å². The summed E-state index contributed by atoms with van der Waals surface area (Å²) in [6, 6.07) is 13.2. The summed E-state index contributed by atoms with van der Waals surface area (Å²) in [5, 5.41) is 15.6. The SMILES string of the molecule is C=C1N(CCCCCCC)C(=O)OC12CCN(CCCC(c1ccc(F)cc1)c1ccc(F)cc1)CC2.O=C(O)/C=C\C(=O)O. The third-order valence-corrected chi connectivity index (χ3v) is 8.38. The first-order chi connectivity index (χ1) is 21.5. The maximum atomic E-state index is 13.5. The fraction of sp³-hybridized carbons (Fsp3) is 0.457. The second kappa shape index (κ2) is 17.4. The molecule has 2 aliphatic rings. The van der Waals surface area contributed by atoms with Gasteiger partial charge in [0.05, 0.1) is 5.70 Å². The van der Waals surface area contributed by atoms with Crippen LogP contribution >= 0.6 is 0 Å². The van der Waals surface area contributed by atoms with E-state index in [0.29, 0.717) is 18.7 Å². The van der Waals surface area contributed by atoms with Crippen LogP contribution in [0.2, 0.25) is 0 Å². The van der Waals surface area contributed by atoms with Gasteiger partial charge >= 0.3 is 18.0 Å². The lowest BCUT2D eigenvalue weighted by molar-refractivity contribution is -0.134. The van der Waals surface area contributed by atoms with Crippen molar-refractivity contribution in [2.75, 3.05) is 26.2 Å². The largest absolute Gasteiger partial charge is 0.478 e. The zero-order chi connectivity index (χ0) is 32.8. The molecule has 45 heavy (non-hydrogen) atoms. The Morgan fingerprint density at radius 3 is 1.87 bits per heavy atom. The fourth-order valence-corrected chi connectivity index (χ4v) is 5.84. The Balaban J connectivity index is 0.000000610. The van der Waals surface area contributed by atoms with Crippen LogP contribution in [0.1, 0.15) is 81.8 Å². The van der Waals surface area contributed by atoms with Gasteiger partial charge in [-0.2, -0.15) is 0 Å². The predicted molar refractivity (Wildman–Crippen MR) is 168 cm³/mol. The molecule has 244 valence electrons. The zero-order valence-electron chi connectivity index (χ0n) is 25.9. The molecule has 10 heteroatoms. The molecule has 2 N–H and O–H groups in total. The summed E-state index contributed by atoms with van der Waals surface area (Å²) in [5.41, 5.74) is 2.35. The van der Waals surface area contributed by atoms with Crippen LogP contribution in [-0.4, -0.2) is 69.8 Å². The number of carboxylic acids is 2. The van der Waals surface area contributed by atoms with E-state index in [9.17, 15) is 23.2 Å². The van der Waals surface area contributed by atoms with Crippen LogP contribution in [0, 0.1) is 11.6 Å². The van der Waals surface area contributed by atoms with Gasteiger partial charge < -0.3 is 19.8 Å². The maximum absolute atomic E-state index is 13.5. The number of piperidine rings is 1. The number of amides is 1. The van der Waals surface area contributed by atoms with Gasteiger partial charge in [0.25, 0.3) is 0 Å². The number of carboxylic acid groups (broad SMARTS) is 2. The first-order valence-corrected chi connectivity index (χ1v) is 15.6. The van der Waals surface area contributed by atoms with E-state index in [-0.39, 0.29) is 23.6 Å². The molecule has 0 bridgehead atoms. The van der Waals surface area contributed by atoms with Gasteiger partial charge in [-0.25, -0.2) is 23.2 Å². The molecule has 2 saturated heterocycles. The van der Waals surface area contributed by atoms with E-state index in [0.717, 1.165) is 75.0 Å². The lowest BCUT2D eigenvalue weighted by Crippen LogP contribution is -2.45. The van der Waals surface area contributed by atoms with Crippen molar-refractivity contribution in [3.63, 3.8) is 0 Å². The van der Waals surface area contributed by atoms with E-state index in [1.54, 1.807) is 4.90 Å². The number of carbonyl (C=O) groups is 3. The van der Waals surface area contributed by atoms with Crippen molar-refractivity contribution in [3.05, 3.63) is 95.7 Å². The van der Waals surface area contributed by atoms with Gasteiger partial charge in [0.2, 0.25) is 0 Å². The van der Waals surface area contributed by atoms with Crippen molar-refractivity contribution in [2.24, 2.45) is 0 Å². The van der Waals surface area contributed by atoms with E-state index in [2.05, 4.69) is 18.4 Å². The van der Waals surface area contributed by atoms with Gasteiger partial charge in [-0.3, -0.25) is 4.90 Å². The van der Waals surface area contributed by atoms with Crippen LogP contribution in [0.4, 0.5) is 13.6 Å². The summed E-state index contributed by atoms with van der Waals surface area (Å²) < 4.78 is 32.9. The number of rotatable bonds is 14. The van der Waals surface area contributed by atoms with Gasteiger partial charge in [0, 0.05) is 50.5 Å². The predicted octanol–water partition coefficient (Wildman–Crippen LogP) is 7.36. The summed E-state index contributed by atoms with van der Waals surface area (Å²) in [6.07, 6.45) is 10.0. The molecule has 0 atom stereocenters. The average molecular weight is 627 g/mol. The second-order valence-electron chi connectivity index (χ2n) is 11.5. The summed E-state index contributed by atoms with van der Waals surface area (Å²) in [5.74, 6) is -2.94.